The first-order chi connectivity index (χ1) is 7.31. The number of fused-ring (bicyclic) bond motifs is 1. The summed E-state index contributed by atoms with van der Waals surface area (Å²) in [5.74, 6) is 2.72. The number of hydrogen-bond acceptors (Lipinski definition) is 4. The number of nitrogens with zero attached hydrogens (tertiary/aromatic N) is 1. The number of hydrogen-bond donors (Lipinski definition) is 0. The third kappa shape index (κ3) is 1.32. The minimum Gasteiger partial charge on any atom is -0.491 e. The average molecular weight is 203 g/mol. The van der Waals surface area contributed by atoms with Crippen LogP contribution >= 0.6 is 0 Å². The molecule has 2 rings (SSSR count). The minimum absolute atomic E-state index is 0.384. The normalized spacial score (nSPS) is 12.9. The van der Waals surface area contributed by atoms with Crippen LogP contribution in [0.15, 0.2) is 23.2 Å². The number of carbonyl (C=O) groups excluding carboxylic acids is 1. The predicted octanol–water partition coefficient (Wildman–Crippen LogP) is -0.366. The molecule has 0 aromatic heterocycles. The van der Waals surface area contributed by atoms with E-state index in [0.717, 1.165) is 0 Å². The van der Waals surface area contributed by atoms with E-state index in [1.165, 1.54) is 14.2 Å². The molecule has 15 heavy (non-hydrogen) atoms. The molecule has 0 amide bonds. The first-order valence-corrected chi connectivity index (χ1v) is 4.37. The lowest BCUT2D eigenvalue weighted by molar-refractivity contribution is 0.342. The van der Waals surface area contributed by atoms with Crippen molar-refractivity contribution in [3.8, 4) is 0 Å². The zero-order chi connectivity index (χ0) is 10.8. The molecule has 1 aromatic rings. The van der Waals surface area contributed by atoms with E-state index in [2.05, 4.69) is 4.99 Å². The van der Waals surface area contributed by atoms with Gasteiger partial charge in [0, 0.05) is 0 Å². The molecule has 0 radical (unpaired) electrons. The Labute approximate surface area is 86.2 Å². The molecule has 0 atom stereocenters. The Hall–Kier alpha value is -2.06. The fraction of sp³-hybridized carbons (Fsp3) is 0.182. The van der Waals surface area contributed by atoms with Crippen LogP contribution in [0.2, 0.25) is 0 Å². The molecule has 0 unspecified atom stereocenters. The standard InChI is InChI=1S/C11H9NO3/c1-14-10-9-7(6-13)4-3-5-8(9)12-11(10)15-2/h3-5H,1-2H3. The van der Waals surface area contributed by atoms with E-state index in [-0.39, 0.29) is 0 Å². The van der Waals surface area contributed by atoms with Crippen LogP contribution in [0.3, 0.4) is 0 Å². The van der Waals surface area contributed by atoms with Crippen LogP contribution in [0.4, 0.5) is 5.69 Å². The third-order valence-corrected chi connectivity index (χ3v) is 2.19. The fourth-order valence-corrected chi connectivity index (χ4v) is 1.55. The van der Waals surface area contributed by atoms with Crippen LogP contribution in [0.5, 0.6) is 0 Å². The smallest absolute Gasteiger partial charge is 0.258 e. The maximum atomic E-state index is 10.7. The van der Waals surface area contributed by atoms with Gasteiger partial charge in [0.1, 0.15) is 5.94 Å². The Morgan fingerprint density at radius 2 is 2.07 bits per heavy atom. The van der Waals surface area contributed by atoms with E-state index < -0.39 is 0 Å². The Balaban J connectivity index is 2.90. The van der Waals surface area contributed by atoms with Gasteiger partial charge in [0.15, 0.2) is 5.76 Å². The van der Waals surface area contributed by atoms with Crippen LogP contribution in [-0.2, 0) is 14.3 Å². The number of rotatable bonds is 1. The highest BCUT2D eigenvalue weighted by molar-refractivity contribution is 6.14. The number of ether oxygens (including phenoxy) is 2. The molecule has 4 heteroatoms. The lowest BCUT2D eigenvalue weighted by Gasteiger charge is -2.02. The Kier molecular flexibility index (Phi) is 2.27. The highest BCUT2D eigenvalue weighted by atomic mass is 16.5. The summed E-state index contributed by atoms with van der Waals surface area (Å²) < 4.78 is 10.2. The largest absolute Gasteiger partial charge is 0.491 e. The highest BCUT2D eigenvalue weighted by Crippen LogP contribution is 2.15. The van der Waals surface area contributed by atoms with E-state index in [4.69, 9.17) is 9.47 Å². The molecule has 1 heterocycles. The van der Waals surface area contributed by atoms with Gasteiger partial charge in [0.05, 0.1) is 30.3 Å². The summed E-state index contributed by atoms with van der Waals surface area (Å²) >= 11 is 0. The molecule has 0 bridgehead atoms. The Morgan fingerprint density at radius 1 is 1.27 bits per heavy atom. The van der Waals surface area contributed by atoms with Gasteiger partial charge in [-0.05, 0) is 12.1 Å². The number of aliphatic imine (C=N–C) groups is 1. The first-order valence-electron chi connectivity index (χ1n) is 4.37. The summed E-state index contributed by atoms with van der Waals surface area (Å²) in [5.41, 5.74) is 0.671. The molecular weight excluding hydrogens is 194 g/mol. The predicted molar refractivity (Wildman–Crippen MR) is 55.0 cm³/mol. The van der Waals surface area contributed by atoms with Gasteiger partial charge in [0.25, 0.3) is 5.90 Å². The lowest BCUT2D eigenvalue weighted by Crippen LogP contribution is -2.28. The number of methoxy groups -OCH3 is 2. The maximum absolute atomic E-state index is 10.7. The van der Waals surface area contributed by atoms with Gasteiger partial charge in [-0.15, -0.1) is 0 Å². The third-order valence-electron chi connectivity index (χ3n) is 2.19. The summed E-state index contributed by atoms with van der Waals surface area (Å²) in [6, 6.07) is 5.20. The average Bonchev–Trinajstić information content (AvgIpc) is 2.66. The molecule has 1 aliphatic heterocycles. The van der Waals surface area contributed by atoms with Crippen LogP contribution in [0.25, 0.3) is 5.76 Å². The molecule has 0 saturated carbocycles. The molecule has 1 aromatic carbocycles. The quantitative estimate of drug-likeness (QED) is 0.626. The molecule has 0 aliphatic carbocycles. The van der Waals surface area contributed by atoms with Gasteiger partial charge in [-0.1, -0.05) is 6.07 Å². The zero-order valence-corrected chi connectivity index (χ0v) is 8.40. The Morgan fingerprint density at radius 3 is 2.67 bits per heavy atom. The summed E-state index contributed by atoms with van der Waals surface area (Å²) in [6.07, 6.45) is 0. The van der Waals surface area contributed by atoms with Gasteiger partial charge < -0.3 is 9.47 Å². The maximum Gasteiger partial charge on any atom is 0.258 e. The van der Waals surface area contributed by atoms with Crippen molar-refractivity contribution in [3.05, 3.63) is 28.6 Å². The molecule has 1 aliphatic rings. The summed E-state index contributed by atoms with van der Waals surface area (Å²) in [4.78, 5) is 14.9. The van der Waals surface area contributed by atoms with Crippen LogP contribution in [-0.4, -0.2) is 26.1 Å². The Bertz CT molecular complexity index is 568. The highest BCUT2D eigenvalue weighted by Gasteiger charge is 2.19. The monoisotopic (exact) mass is 203 g/mol. The minimum atomic E-state index is 0.384. The summed E-state index contributed by atoms with van der Waals surface area (Å²) in [6.45, 7) is 0. The van der Waals surface area contributed by atoms with E-state index in [1.807, 2.05) is 5.94 Å². The molecule has 0 fully saturated rings. The van der Waals surface area contributed by atoms with E-state index in [0.29, 0.717) is 27.8 Å². The van der Waals surface area contributed by atoms with Gasteiger partial charge in [-0.2, -0.15) is 0 Å². The molecule has 0 N–H and O–H groups in total. The van der Waals surface area contributed by atoms with Gasteiger partial charge >= 0.3 is 0 Å². The second kappa shape index (κ2) is 3.59. The van der Waals surface area contributed by atoms with Crippen molar-refractivity contribution in [3.63, 3.8) is 0 Å². The number of benzene rings is 1. The van der Waals surface area contributed by atoms with Crippen molar-refractivity contribution >= 4 is 23.3 Å². The first kappa shape index (κ1) is 9.49. The van der Waals surface area contributed by atoms with E-state index >= 15 is 0 Å². The lowest BCUT2D eigenvalue weighted by atomic mass is 10.2. The van der Waals surface area contributed by atoms with Gasteiger partial charge in [0.2, 0.25) is 0 Å². The van der Waals surface area contributed by atoms with Crippen molar-refractivity contribution in [2.24, 2.45) is 4.99 Å². The van der Waals surface area contributed by atoms with Crippen molar-refractivity contribution in [2.75, 3.05) is 14.2 Å². The fourth-order valence-electron chi connectivity index (χ4n) is 1.55. The van der Waals surface area contributed by atoms with Crippen LogP contribution in [0.1, 0.15) is 0 Å². The van der Waals surface area contributed by atoms with Crippen LogP contribution < -0.4 is 10.4 Å². The SMILES string of the molecule is COC1=Nc2cccc(=C=O)c2=C1OC. The van der Waals surface area contributed by atoms with E-state index in [1.54, 1.807) is 18.2 Å². The molecular formula is C11H9NO3. The van der Waals surface area contributed by atoms with Crippen molar-refractivity contribution in [1.82, 2.24) is 0 Å². The van der Waals surface area contributed by atoms with Gasteiger partial charge in [-0.3, -0.25) is 0 Å². The summed E-state index contributed by atoms with van der Waals surface area (Å²) in [5, 5.41) is 1.08. The molecule has 0 spiro atoms. The second-order valence-electron chi connectivity index (χ2n) is 2.96. The topological polar surface area (TPSA) is 47.9 Å². The van der Waals surface area contributed by atoms with Crippen LogP contribution in [0, 0.1) is 0 Å². The zero-order valence-electron chi connectivity index (χ0n) is 8.40. The molecule has 4 nitrogen and oxygen atoms in total. The van der Waals surface area contributed by atoms with E-state index in [9.17, 15) is 4.79 Å². The van der Waals surface area contributed by atoms with Crippen molar-refractivity contribution < 1.29 is 14.3 Å². The van der Waals surface area contributed by atoms with Crippen molar-refractivity contribution in [2.45, 2.75) is 0 Å². The molecule has 0 saturated heterocycles. The van der Waals surface area contributed by atoms with Crippen molar-refractivity contribution in [1.29, 1.82) is 0 Å². The molecule has 76 valence electrons. The summed E-state index contributed by atoms with van der Waals surface area (Å²) in [7, 11) is 3.02. The van der Waals surface area contributed by atoms with Gasteiger partial charge in [-0.25, -0.2) is 9.79 Å². The second-order valence-corrected chi connectivity index (χ2v) is 2.96.